The van der Waals surface area contributed by atoms with Crippen LogP contribution in [0.3, 0.4) is 0 Å². The number of fused-ring (bicyclic) bond motifs is 1. The first kappa shape index (κ1) is 25.2. The van der Waals surface area contributed by atoms with Crippen LogP contribution in [-0.4, -0.2) is 56.0 Å². The monoisotopic (exact) mass is 515 g/mol. The number of rotatable bonds is 10. The first-order chi connectivity index (χ1) is 16.8. The maximum absolute atomic E-state index is 13.7. The van der Waals surface area contributed by atoms with Gasteiger partial charge in [-0.2, -0.15) is 4.31 Å². The second kappa shape index (κ2) is 10.8. The summed E-state index contributed by atoms with van der Waals surface area (Å²) in [5.41, 5.74) is 0.911. The highest BCUT2D eigenvalue weighted by molar-refractivity contribution is 7.89. The van der Waals surface area contributed by atoms with E-state index in [0.717, 1.165) is 12.8 Å². The van der Waals surface area contributed by atoms with Crippen LogP contribution < -0.4 is 4.90 Å². The van der Waals surface area contributed by atoms with E-state index in [9.17, 15) is 17.6 Å². The maximum Gasteiger partial charge on any atom is 0.260 e. The molecule has 1 aromatic heterocycles. The van der Waals surface area contributed by atoms with E-state index in [1.54, 1.807) is 6.07 Å². The maximum atomic E-state index is 13.7. The molecule has 0 bridgehead atoms. The summed E-state index contributed by atoms with van der Waals surface area (Å²) in [5, 5.41) is 0.436. The van der Waals surface area contributed by atoms with Crippen molar-refractivity contribution in [1.82, 2.24) is 9.29 Å². The number of hydrogen-bond acceptors (Lipinski definition) is 6. The molecule has 7 nitrogen and oxygen atoms in total. The second-order valence-electron chi connectivity index (χ2n) is 8.08. The van der Waals surface area contributed by atoms with Crippen LogP contribution in [0.1, 0.15) is 23.2 Å². The molecule has 0 spiro atoms. The Labute approximate surface area is 208 Å². The normalized spacial score (nSPS) is 16.0. The van der Waals surface area contributed by atoms with Gasteiger partial charge in [-0.25, -0.2) is 17.8 Å². The summed E-state index contributed by atoms with van der Waals surface area (Å²) in [6, 6.07) is 10.1. The van der Waals surface area contributed by atoms with Crippen molar-refractivity contribution in [3.63, 3.8) is 0 Å². The minimum absolute atomic E-state index is 0.0684. The van der Waals surface area contributed by atoms with Crippen molar-refractivity contribution in [3.8, 4) is 0 Å². The summed E-state index contributed by atoms with van der Waals surface area (Å²) in [5.74, 6) is -0.707. The molecule has 0 radical (unpaired) electrons. The highest BCUT2D eigenvalue weighted by Gasteiger charge is 2.28. The number of aromatic nitrogens is 1. The van der Waals surface area contributed by atoms with Crippen molar-refractivity contribution in [2.24, 2.45) is 0 Å². The minimum Gasteiger partial charge on any atom is -0.376 e. The number of carbonyl (C=O) groups excluding carboxylic acids is 1. The largest absolute Gasteiger partial charge is 0.376 e. The number of carbonyl (C=O) groups is 1. The number of benzene rings is 2. The van der Waals surface area contributed by atoms with Gasteiger partial charge in [-0.1, -0.05) is 23.5 Å². The van der Waals surface area contributed by atoms with Crippen LogP contribution in [0.5, 0.6) is 0 Å². The topological polar surface area (TPSA) is 79.8 Å². The number of amides is 1. The predicted octanol–water partition coefficient (Wildman–Crippen LogP) is 4.62. The Morgan fingerprint density at radius 3 is 2.51 bits per heavy atom. The Morgan fingerprint density at radius 1 is 1.17 bits per heavy atom. The Kier molecular flexibility index (Phi) is 7.75. The Bertz CT molecular complexity index is 1320. The third-order valence-electron chi connectivity index (χ3n) is 5.63. The summed E-state index contributed by atoms with van der Waals surface area (Å²) in [6.07, 6.45) is 4.62. The number of hydrogen-bond donors (Lipinski definition) is 0. The smallest absolute Gasteiger partial charge is 0.260 e. The Hall–Kier alpha value is -2.92. The Morgan fingerprint density at radius 2 is 1.89 bits per heavy atom. The van der Waals surface area contributed by atoms with Gasteiger partial charge >= 0.3 is 0 Å². The first-order valence-corrected chi connectivity index (χ1v) is 13.4. The number of anilines is 1. The molecule has 3 aromatic rings. The number of ether oxygens (including phenoxy) is 1. The minimum atomic E-state index is -3.78. The lowest BCUT2D eigenvalue weighted by atomic mass is 10.2. The third kappa shape index (κ3) is 5.51. The van der Waals surface area contributed by atoms with E-state index in [4.69, 9.17) is 4.74 Å². The molecule has 2 aromatic carbocycles. The van der Waals surface area contributed by atoms with Gasteiger partial charge in [-0.05, 0) is 55.3 Å². The zero-order valence-corrected chi connectivity index (χ0v) is 20.7. The fourth-order valence-corrected chi connectivity index (χ4v) is 6.25. The van der Waals surface area contributed by atoms with E-state index >= 15 is 0 Å². The fourth-order valence-electron chi connectivity index (χ4n) is 3.87. The van der Waals surface area contributed by atoms with E-state index in [1.165, 1.54) is 69.1 Å². The van der Waals surface area contributed by atoms with Crippen LogP contribution in [0, 0.1) is 5.82 Å². The van der Waals surface area contributed by atoms with Crippen LogP contribution in [0.2, 0.25) is 0 Å². The summed E-state index contributed by atoms with van der Waals surface area (Å²) in [7, 11) is -3.78. The molecule has 1 fully saturated rings. The SMILES string of the molecule is C=CCN(CC=C)S(=O)(=O)c1ccc(C(=O)N(CC2CCCO2)c2nc3ccc(F)cc3s2)cc1. The molecule has 1 saturated heterocycles. The molecule has 0 aliphatic carbocycles. The van der Waals surface area contributed by atoms with Gasteiger partial charge in [0.05, 0.1) is 27.8 Å². The standard InChI is InChI=1S/C25H26FN3O4S2/c1-3-13-28(14-4-2)35(31,32)21-10-7-18(8-11-21)24(30)29(17-20-6-5-15-33-20)25-27-22-12-9-19(26)16-23(22)34-25/h3-4,7-12,16,20H,1-2,5-6,13-15,17H2. The van der Waals surface area contributed by atoms with Crippen LogP contribution in [0.15, 0.2) is 72.7 Å². The molecule has 1 aliphatic heterocycles. The molecule has 184 valence electrons. The number of thiazole rings is 1. The van der Waals surface area contributed by atoms with Gasteiger partial charge in [-0.3, -0.25) is 9.69 Å². The third-order valence-corrected chi connectivity index (χ3v) is 8.52. The summed E-state index contributed by atoms with van der Waals surface area (Å²) >= 11 is 1.23. The van der Waals surface area contributed by atoms with E-state index in [-0.39, 0.29) is 35.8 Å². The zero-order valence-electron chi connectivity index (χ0n) is 19.1. The molecule has 2 heterocycles. The van der Waals surface area contributed by atoms with Gasteiger partial charge in [0.25, 0.3) is 5.91 Å². The molecular formula is C25H26FN3O4S2. The molecular weight excluding hydrogens is 489 g/mol. The molecule has 1 unspecified atom stereocenters. The van der Waals surface area contributed by atoms with Gasteiger partial charge in [0, 0.05) is 25.3 Å². The lowest BCUT2D eigenvalue weighted by Crippen LogP contribution is -2.37. The molecule has 10 heteroatoms. The van der Waals surface area contributed by atoms with E-state index < -0.39 is 10.0 Å². The van der Waals surface area contributed by atoms with Crippen molar-refractivity contribution in [3.05, 3.63) is 79.2 Å². The molecule has 4 rings (SSSR count). The number of sulfonamides is 1. The van der Waals surface area contributed by atoms with Crippen molar-refractivity contribution in [2.45, 2.75) is 23.8 Å². The van der Waals surface area contributed by atoms with Crippen LogP contribution in [-0.2, 0) is 14.8 Å². The molecule has 1 amide bonds. The highest BCUT2D eigenvalue weighted by Crippen LogP contribution is 2.31. The second-order valence-corrected chi connectivity index (χ2v) is 11.0. The van der Waals surface area contributed by atoms with Crippen molar-refractivity contribution in [1.29, 1.82) is 0 Å². The molecule has 35 heavy (non-hydrogen) atoms. The molecule has 0 saturated carbocycles. The summed E-state index contributed by atoms with van der Waals surface area (Å²) in [4.78, 5) is 19.7. The summed E-state index contributed by atoms with van der Waals surface area (Å²) in [6.45, 7) is 8.44. The first-order valence-electron chi connectivity index (χ1n) is 11.1. The van der Waals surface area contributed by atoms with Crippen molar-refractivity contribution in [2.75, 3.05) is 31.1 Å². The molecule has 1 aliphatic rings. The van der Waals surface area contributed by atoms with Gasteiger partial charge in [0.1, 0.15) is 5.82 Å². The highest BCUT2D eigenvalue weighted by atomic mass is 32.2. The molecule has 0 N–H and O–H groups in total. The Balaban J connectivity index is 1.64. The summed E-state index contributed by atoms with van der Waals surface area (Å²) < 4.78 is 47.3. The quantitative estimate of drug-likeness (QED) is 0.368. The fraction of sp³-hybridized carbons (Fsp3) is 0.280. The van der Waals surface area contributed by atoms with E-state index in [1.807, 2.05) is 0 Å². The molecule has 1 atom stereocenters. The number of nitrogens with zero attached hydrogens (tertiary/aromatic N) is 3. The van der Waals surface area contributed by atoms with Gasteiger partial charge in [-0.15, -0.1) is 13.2 Å². The van der Waals surface area contributed by atoms with Gasteiger partial charge in [0.15, 0.2) is 5.13 Å². The van der Waals surface area contributed by atoms with Crippen LogP contribution in [0.25, 0.3) is 10.2 Å². The van der Waals surface area contributed by atoms with Crippen LogP contribution in [0.4, 0.5) is 9.52 Å². The lowest BCUT2D eigenvalue weighted by molar-refractivity contribution is 0.0917. The van der Waals surface area contributed by atoms with Gasteiger partial charge in [0.2, 0.25) is 10.0 Å². The van der Waals surface area contributed by atoms with Crippen molar-refractivity contribution >= 4 is 42.6 Å². The average molecular weight is 516 g/mol. The van der Waals surface area contributed by atoms with Gasteiger partial charge < -0.3 is 4.74 Å². The van der Waals surface area contributed by atoms with E-state index in [0.29, 0.717) is 34.1 Å². The zero-order chi connectivity index (χ0) is 25.0. The number of halogens is 1. The lowest BCUT2D eigenvalue weighted by Gasteiger charge is -2.23. The van der Waals surface area contributed by atoms with Crippen LogP contribution >= 0.6 is 11.3 Å². The van der Waals surface area contributed by atoms with E-state index in [2.05, 4.69) is 18.1 Å². The predicted molar refractivity (Wildman–Crippen MR) is 136 cm³/mol. The van der Waals surface area contributed by atoms with Crippen molar-refractivity contribution < 1.29 is 22.3 Å². The average Bonchev–Trinajstić information content (AvgIpc) is 3.51.